The van der Waals surface area contributed by atoms with E-state index < -0.39 is 0 Å². The number of piperazine rings is 1. The van der Waals surface area contributed by atoms with Gasteiger partial charge in [-0.25, -0.2) is 0 Å². The molecule has 1 atom stereocenters. The smallest absolute Gasteiger partial charge is 0.254 e. The lowest BCUT2D eigenvalue weighted by molar-refractivity contribution is -0.131. The summed E-state index contributed by atoms with van der Waals surface area (Å²) >= 11 is 0. The number of nitrogens with one attached hydrogen (secondary N) is 1. The van der Waals surface area contributed by atoms with Gasteiger partial charge in [0.25, 0.3) is 5.91 Å². The molecule has 2 aromatic carbocycles. The molecule has 7 nitrogen and oxygen atoms in total. The predicted octanol–water partition coefficient (Wildman–Crippen LogP) is 2.77. The van der Waals surface area contributed by atoms with Crippen LogP contribution in [0.4, 0.5) is 0 Å². The van der Waals surface area contributed by atoms with E-state index in [2.05, 4.69) is 24.4 Å². The average molecular weight is 440 g/mol. The number of hydrogen-bond donors (Lipinski definition) is 1. The van der Waals surface area contributed by atoms with Crippen molar-refractivity contribution in [2.75, 3.05) is 53.5 Å². The number of hydrogen-bond acceptors (Lipinski definition) is 5. The highest BCUT2D eigenvalue weighted by Crippen LogP contribution is 2.25. The van der Waals surface area contributed by atoms with Crippen LogP contribution in [0.2, 0.25) is 0 Å². The van der Waals surface area contributed by atoms with Gasteiger partial charge in [0.2, 0.25) is 5.91 Å². The fourth-order valence-electron chi connectivity index (χ4n) is 3.91. The number of carbonyl (C=O) groups is 2. The Morgan fingerprint density at radius 3 is 2.25 bits per heavy atom. The van der Waals surface area contributed by atoms with E-state index >= 15 is 0 Å². The van der Waals surface area contributed by atoms with Crippen molar-refractivity contribution in [2.45, 2.75) is 19.3 Å². The second-order valence-electron chi connectivity index (χ2n) is 8.05. The summed E-state index contributed by atoms with van der Waals surface area (Å²) in [7, 11) is 3.12. The van der Waals surface area contributed by atoms with E-state index in [9.17, 15) is 9.59 Å². The maximum Gasteiger partial charge on any atom is 0.254 e. The molecule has 1 fully saturated rings. The molecule has 1 heterocycles. The van der Waals surface area contributed by atoms with E-state index in [1.165, 1.54) is 0 Å². The van der Waals surface area contributed by atoms with Crippen LogP contribution in [0, 0.1) is 0 Å². The summed E-state index contributed by atoms with van der Waals surface area (Å²) in [6.45, 7) is 6.00. The molecule has 1 aliphatic heterocycles. The largest absolute Gasteiger partial charge is 0.497 e. The Kier molecular flexibility index (Phi) is 8.50. The molecule has 0 bridgehead atoms. The Hall–Kier alpha value is -3.06. The van der Waals surface area contributed by atoms with Gasteiger partial charge >= 0.3 is 0 Å². The molecule has 32 heavy (non-hydrogen) atoms. The maximum absolute atomic E-state index is 13.5. The Balaban J connectivity index is 1.78. The van der Waals surface area contributed by atoms with Gasteiger partial charge in [0, 0.05) is 57.3 Å². The lowest BCUT2D eigenvalue weighted by atomic mass is 10.00. The molecule has 0 radical (unpaired) electrons. The average Bonchev–Trinajstić information content (AvgIpc) is 2.86. The van der Waals surface area contributed by atoms with Crippen molar-refractivity contribution >= 4 is 11.8 Å². The minimum Gasteiger partial charge on any atom is -0.497 e. The van der Waals surface area contributed by atoms with Gasteiger partial charge in [-0.05, 0) is 23.6 Å². The van der Waals surface area contributed by atoms with Gasteiger partial charge in [0.05, 0.1) is 14.2 Å². The molecule has 7 heteroatoms. The second-order valence-corrected chi connectivity index (χ2v) is 8.05. The summed E-state index contributed by atoms with van der Waals surface area (Å²) in [5.74, 6) is 1.18. The molecule has 2 aromatic rings. The van der Waals surface area contributed by atoms with E-state index in [0.29, 0.717) is 49.7 Å². The molecular formula is C25H33N3O4. The number of ether oxygens (including phenoxy) is 2. The first kappa shape index (κ1) is 23.6. The SMILES string of the molecule is COc1cc(OC)cc(C(=O)N(CCC(=O)N2CCNCC2)C[C@H](C)c2ccccc2)c1. The van der Waals surface area contributed by atoms with Gasteiger partial charge in [0.1, 0.15) is 11.5 Å². The van der Waals surface area contributed by atoms with Gasteiger partial charge in [-0.3, -0.25) is 9.59 Å². The molecule has 0 aliphatic carbocycles. The van der Waals surface area contributed by atoms with Crippen molar-refractivity contribution in [3.8, 4) is 11.5 Å². The molecule has 0 aromatic heterocycles. The molecule has 1 aliphatic rings. The van der Waals surface area contributed by atoms with E-state index in [4.69, 9.17) is 9.47 Å². The van der Waals surface area contributed by atoms with Crippen LogP contribution in [-0.4, -0.2) is 75.1 Å². The van der Waals surface area contributed by atoms with Gasteiger partial charge in [-0.2, -0.15) is 0 Å². The summed E-state index contributed by atoms with van der Waals surface area (Å²) in [5, 5.41) is 3.26. The highest BCUT2D eigenvalue weighted by molar-refractivity contribution is 5.95. The van der Waals surface area contributed by atoms with E-state index in [1.54, 1.807) is 37.3 Å². The molecule has 1 N–H and O–H groups in total. The van der Waals surface area contributed by atoms with Gasteiger partial charge in [0.15, 0.2) is 0 Å². The number of carbonyl (C=O) groups excluding carboxylic acids is 2. The fraction of sp³-hybridized carbons (Fsp3) is 0.440. The topological polar surface area (TPSA) is 71.1 Å². The molecule has 0 unspecified atom stereocenters. The summed E-state index contributed by atoms with van der Waals surface area (Å²) in [6, 6.07) is 15.3. The minimum atomic E-state index is -0.141. The van der Waals surface area contributed by atoms with Crippen molar-refractivity contribution in [3.05, 3.63) is 59.7 Å². The van der Waals surface area contributed by atoms with E-state index in [-0.39, 0.29) is 17.7 Å². The molecule has 0 saturated carbocycles. The standard InChI is InChI=1S/C25H33N3O4/c1-19(20-7-5-4-6-8-20)18-28(12-9-24(29)27-13-10-26-11-14-27)25(30)21-15-22(31-2)17-23(16-21)32-3/h4-8,15-17,19,26H,9-14,18H2,1-3H3/t19-/m0/s1. The van der Waals surface area contributed by atoms with Crippen molar-refractivity contribution < 1.29 is 19.1 Å². The lowest BCUT2D eigenvalue weighted by Crippen LogP contribution is -2.47. The molecule has 2 amide bonds. The van der Waals surface area contributed by atoms with Crippen LogP contribution in [0.5, 0.6) is 11.5 Å². The number of methoxy groups -OCH3 is 2. The summed E-state index contributed by atoms with van der Waals surface area (Å²) in [5.41, 5.74) is 1.64. The molecule has 3 rings (SSSR count). The normalized spacial score (nSPS) is 14.5. The highest BCUT2D eigenvalue weighted by atomic mass is 16.5. The first-order chi connectivity index (χ1) is 15.5. The van der Waals surface area contributed by atoms with E-state index in [0.717, 1.165) is 18.7 Å². The number of nitrogens with zero attached hydrogens (tertiary/aromatic N) is 2. The predicted molar refractivity (Wildman–Crippen MR) is 124 cm³/mol. The van der Waals surface area contributed by atoms with Gasteiger partial charge < -0.3 is 24.6 Å². The summed E-state index contributed by atoms with van der Waals surface area (Å²) in [4.78, 5) is 29.9. The molecule has 172 valence electrons. The first-order valence-corrected chi connectivity index (χ1v) is 11.1. The number of benzene rings is 2. The molecule has 0 spiro atoms. The quantitative estimate of drug-likeness (QED) is 0.651. The van der Waals surface area contributed by atoms with E-state index in [1.807, 2.05) is 23.1 Å². The Labute approximate surface area is 190 Å². The van der Waals surface area contributed by atoms with Crippen LogP contribution < -0.4 is 14.8 Å². The monoisotopic (exact) mass is 439 g/mol. The number of amides is 2. The maximum atomic E-state index is 13.5. The summed E-state index contributed by atoms with van der Waals surface area (Å²) < 4.78 is 10.7. The van der Waals surface area contributed by atoms with Crippen LogP contribution >= 0.6 is 0 Å². The lowest BCUT2D eigenvalue weighted by Gasteiger charge is -2.30. The highest BCUT2D eigenvalue weighted by Gasteiger charge is 2.23. The zero-order valence-corrected chi connectivity index (χ0v) is 19.2. The van der Waals surface area contributed by atoms with Crippen molar-refractivity contribution in [3.63, 3.8) is 0 Å². The molecule has 1 saturated heterocycles. The third-order valence-electron chi connectivity index (χ3n) is 5.81. The first-order valence-electron chi connectivity index (χ1n) is 11.1. The second kappa shape index (κ2) is 11.5. The zero-order valence-electron chi connectivity index (χ0n) is 19.2. The van der Waals surface area contributed by atoms with Crippen molar-refractivity contribution in [2.24, 2.45) is 0 Å². The molecular weight excluding hydrogens is 406 g/mol. The minimum absolute atomic E-state index is 0.0832. The van der Waals surface area contributed by atoms with Crippen LogP contribution in [0.15, 0.2) is 48.5 Å². The zero-order chi connectivity index (χ0) is 22.9. The van der Waals surface area contributed by atoms with Crippen LogP contribution in [0.1, 0.15) is 35.2 Å². The van der Waals surface area contributed by atoms with Gasteiger partial charge in [-0.1, -0.05) is 37.3 Å². The summed E-state index contributed by atoms with van der Waals surface area (Å²) in [6.07, 6.45) is 0.300. The van der Waals surface area contributed by atoms with Crippen LogP contribution in [-0.2, 0) is 4.79 Å². The third kappa shape index (κ3) is 6.23. The van der Waals surface area contributed by atoms with Crippen molar-refractivity contribution in [1.82, 2.24) is 15.1 Å². The van der Waals surface area contributed by atoms with Gasteiger partial charge in [-0.15, -0.1) is 0 Å². The Morgan fingerprint density at radius 2 is 1.66 bits per heavy atom. The number of rotatable bonds is 9. The van der Waals surface area contributed by atoms with Crippen LogP contribution in [0.25, 0.3) is 0 Å². The Morgan fingerprint density at radius 1 is 1.03 bits per heavy atom. The van der Waals surface area contributed by atoms with Crippen molar-refractivity contribution in [1.29, 1.82) is 0 Å². The van der Waals surface area contributed by atoms with Crippen LogP contribution in [0.3, 0.4) is 0 Å². The fourth-order valence-corrected chi connectivity index (χ4v) is 3.91. The Bertz CT molecular complexity index is 875. The third-order valence-corrected chi connectivity index (χ3v) is 5.81.